The van der Waals surface area contributed by atoms with Crippen molar-refractivity contribution in [2.24, 2.45) is 0 Å². The van der Waals surface area contributed by atoms with Crippen LogP contribution in [0.4, 0.5) is 0 Å². The minimum Gasteiger partial charge on any atom is -0.256 e. The lowest BCUT2D eigenvalue weighted by Gasteiger charge is -1.77. The molecule has 0 radical (unpaired) electrons. The van der Waals surface area contributed by atoms with Gasteiger partial charge < -0.3 is 0 Å². The molecule has 0 aliphatic rings. The lowest BCUT2D eigenvalue weighted by Crippen LogP contribution is -1.78. The summed E-state index contributed by atoms with van der Waals surface area (Å²) in [6, 6.07) is 1.77. The monoisotopic (exact) mass is 121 g/mol. The molecular formula is C4H3N5. The SMILES string of the molecule is c1cc2[nH]nnc2nn1. The van der Waals surface area contributed by atoms with E-state index in [-0.39, 0.29) is 0 Å². The van der Waals surface area contributed by atoms with E-state index in [4.69, 9.17) is 0 Å². The normalized spacial score (nSPS) is 10.2. The summed E-state index contributed by atoms with van der Waals surface area (Å²) in [4.78, 5) is 0. The summed E-state index contributed by atoms with van der Waals surface area (Å²) in [5.74, 6) is 0. The van der Waals surface area contributed by atoms with Gasteiger partial charge in [0.15, 0.2) is 0 Å². The first-order valence-electron chi connectivity index (χ1n) is 2.45. The van der Waals surface area contributed by atoms with E-state index in [9.17, 15) is 0 Å². The van der Waals surface area contributed by atoms with Gasteiger partial charge in [-0.1, -0.05) is 5.21 Å². The Balaban J connectivity index is 2.95. The quantitative estimate of drug-likeness (QED) is 0.521. The van der Waals surface area contributed by atoms with Crippen molar-refractivity contribution in [3.63, 3.8) is 0 Å². The summed E-state index contributed by atoms with van der Waals surface area (Å²) in [5, 5.41) is 17.1. The molecule has 0 aliphatic carbocycles. The summed E-state index contributed by atoms with van der Waals surface area (Å²) in [6.45, 7) is 0. The summed E-state index contributed by atoms with van der Waals surface area (Å²) in [7, 11) is 0. The molecule has 0 amide bonds. The molecule has 0 atom stereocenters. The standard InChI is InChI=1S/C4H3N5/c1-2-5-7-4-3(1)6-9-8-4/h1-2H,(H,6,7,8,9). The number of fused-ring (bicyclic) bond motifs is 1. The van der Waals surface area contributed by atoms with Crippen LogP contribution in [0, 0.1) is 0 Å². The predicted molar refractivity (Wildman–Crippen MR) is 29.5 cm³/mol. The second-order valence-electron chi connectivity index (χ2n) is 1.58. The Kier molecular flexibility index (Phi) is 0.717. The maximum atomic E-state index is 3.69. The summed E-state index contributed by atoms with van der Waals surface area (Å²) < 4.78 is 0. The van der Waals surface area contributed by atoms with Crippen LogP contribution in [-0.4, -0.2) is 25.6 Å². The van der Waals surface area contributed by atoms with Crippen LogP contribution in [0.25, 0.3) is 11.2 Å². The second kappa shape index (κ2) is 1.48. The number of nitrogens with one attached hydrogen (secondary N) is 1. The highest BCUT2D eigenvalue weighted by Crippen LogP contribution is 1.97. The van der Waals surface area contributed by atoms with Crippen molar-refractivity contribution in [3.8, 4) is 0 Å². The Labute approximate surface area is 50.1 Å². The van der Waals surface area contributed by atoms with Crippen LogP contribution in [0.3, 0.4) is 0 Å². The fraction of sp³-hybridized carbons (Fsp3) is 0. The first-order valence-corrected chi connectivity index (χ1v) is 2.45. The second-order valence-corrected chi connectivity index (χ2v) is 1.58. The van der Waals surface area contributed by atoms with Gasteiger partial charge in [0.1, 0.15) is 5.52 Å². The van der Waals surface area contributed by atoms with Gasteiger partial charge in [-0.15, -0.1) is 10.2 Å². The molecule has 44 valence electrons. The van der Waals surface area contributed by atoms with Gasteiger partial charge in [-0.25, -0.2) is 0 Å². The minimum atomic E-state index is 0.553. The van der Waals surface area contributed by atoms with Gasteiger partial charge >= 0.3 is 0 Å². The van der Waals surface area contributed by atoms with Gasteiger partial charge in [0, 0.05) is 0 Å². The number of rotatable bonds is 0. The molecule has 0 bridgehead atoms. The highest BCUT2D eigenvalue weighted by molar-refractivity contribution is 5.66. The average molecular weight is 121 g/mol. The molecule has 5 heteroatoms. The third kappa shape index (κ3) is 0.543. The van der Waals surface area contributed by atoms with E-state index < -0.39 is 0 Å². The van der Waals surface area contributed by atoms with Crippen LogP contribution in [0.2, 0.25) is 0 Å². The number of hydrogen-bond donors (Lipinski definition) is 1. The number of nitrogens with zero attached hydrogens (tertiary/aromatic N) is 4. The molecule has 2 rings (SSSR count). The van der Waals surface area contributed by atoms with Crippen molar-refractivity contribution in [1.82, 2.24) is 25.6 Å². The number of hydrogen-bond acceptors (Lipinski definition) is 4. The molecule has 0 fully saturated rings. The maximum Gasteiger partial charge on any atom is 0.222 e. The van der Waals surface area contributed by atoms with Gasteiger partial charge in [-0.05, 0) is 6.07 Å². The lowest BCUT2D eigenvalue weighted by atomic mass is 10.5. The molecule has 0 spiro atoms. The van der Waals surface area contributed by atoms with Gasteiger partial charge in [-0.2, -0.15) is 5.10 Å². The number of H-pyrrole nitrogens is 1. The molecule has 0 saturated carbocycles. The van der Waals surface area contributed by atoms with Crippen molar-refractivity contribution in [3.05, 3.63) is 12.3 Å². The van der Waals surface area contributed by atoms with Crippen molar-refractivity contribution in [2.75, 3.05) is 0 Å². The van der Waals surface area contributed by atoms with Crippen LogP contribution < -0.4 is 0 Å². The first kappa shape index (κ1) is 4.37. The van der Waals surface area contributed by atoms with E-state index in [2.05, 4.69) is 25.6 Å². The number of aromatic amines is 1. The molecule has 9 heavy (non-hydrogen) atoms. The predicted octanol–water partition coefficient (Wildman–Crippen LogP) is -0.252. The molecule has 2 aromatic rings. The zero-order chi connectivity index (χ0) is 6.10. The molecule has 0 unspecified atom stereocenters. The molecule has 0 aromatic carbocycles. The van der Waals surface area contributed by atoms with Crippen LogP contribution in [-0.2, 0) is 0 Å². The van der Waals surface area contributed by atoms with Gasteiger partial charge in [0.05, 0.1) is 6.20 Å². The Morgan fingerprint density at radius 1 is 1.33 bits per heavy atom. The van der Waals surface area contributed by atoms with Crippen molar-refractivity contribution in [2.45, 2.75) is 0 Å². The average Bonchev–Trinajstić information content (AvgIpc) is 2.33. The Hall–Kier alpha value is -1.52. The van der Waals surface area contributed by atoms with Crippen molar-refractivity contribution < 1.29 is 0 Å². The molecule has 2 aromatic heterocycles. The molecule has 0 aliphatic heterocycles. The molecule has 2 heterocycles. The first-order chi connectivity index (χ1) is 4.47. The Morgan fingerprint density at radius 2 is 2.33 bits per heavy atom. The fourth-order valence-electron chi connectivity index (χ4n) is 0.612. The largest absolute Gasteiger partial charge is 0.256 e. The third-order valence-corrected chi connectivity index (χ3v) is 1.02. The van der Waals surface area contributed by atoms with E-state index in [0.717, 1.165) is 5.52 Å². The van der Waals surface area contributed by atoms with E-state index in [1.807, 2.05) is 0 Å². The molecular weight excluding hydrogens is 118 g/mol. The van der Waals surface area contributed by atoms with Crippen LogP contribution in [0.15, 0.2) is 12.3 Å². The van der Waals surface area contributed by atoms with Crippen LogP contribution in [0.5, 0.6) is 0 Å². The number of aromatic nitrogens is 5. The van der Waals surface area contributed by atoms with Crippen LogP contribution >= 0.6 is 0 Å². The van der Waals surface area contributed by atoms with E-state index in [0.29, 0.717) is 5.65 Å². The Bertz CT molecular complexity index is 283. The maximum absolute atomic E-state index is 3.69. The molecule has 5 nitrogen and oxygen atoms in total. The zero-order valence-corrected chi connectivity index (χ0v) is 4.44. The van der Waals surface area contributed by atoms with E-state index >= 15 is 0 Å². The third-order valence-electron chi connectivity index (χ3n) is 1.02. The highest BCUT2D eigenvalue weighted by atomic mass is 15.4. The van der Waals surface area contributed by atoms with Gasteiger partial charge in [-0.3, -0.25) is 5.10 Å². The van der Waals surface area contributed by atoms with Gasteiger partial charge in [0.25, 0.3) is 0 Å². The molecule has 1 N–H and O–H groups in total. The van der Waals surface area contributed by atoms with E-state index in [1.54, 1.807) is 12.3 Å². The summed E-state index contributed by atoms with van der Waals surface area (Å²) >= 11 is 0. The minimum absolute atomic E-state index is 0.553. The lowest BCUT2D eigenvalue weighted by molar-refractivity contribution is 0.946. The highest BCUT2D eigenvalue weighted by Gasteiger charge is 1.93. The summed E-state index contributed by atoms with van der Waals surface area (Å²) in [5.41, 5.74) is 1.36. The fourth-order valence-corrected chi connectivity index (χ4v) is 0.612. The zero-order valence-electron chi connectivity index (χ0n) is 4.44. The summed E-state index contributed by atoms with van der Waals surface area (Å²) in [6.07, 6.45) is 1.59. The van der Waals surface area contributed by atoms with E-state index in [1.165, 1.54) is 0 Å². The van der Waals surface area contributed by atoms with Crippen molar-refractivity contribution in [1.29, 1.82) is 0 Å². The van der Waals surface area contributed by atoms with Crippen LogP contribution in [0.1, 0.15) is 0 Å². The smallest absolute Gasteiger partial charge is 0.222 e. The van der Waals surface area contributed by atoms with Gasteiger partial charge in [0.2, 0.25) is 5.65 Å². The topological polar surface area (TPSA) is 67.3 Å². The Morgan fingerprint density at radius 3 is 3.22 bits per heavy atom. The molecule has 0 saturated heterocycles. The van der Waals surface area contributed by atoms with Crippen molar-refractivity contribution >= 4 is 11.2 Å².